The summed E-state index contributed by atoms with van der Waals surface area (Å²) in [5.74, 6) is 1.13. The number of hydrogen-bond donors (Lipinski definition) is 1. The van der Waals surface area contributed by atoms with Crippen LogP contribution in [-0.2, 0) is 0 Å². The van der Waals surface area contributed by atoms with Crippen molar-refractivity contribution in [1.29, 1.82) is 0 Å². The van der Waals surface area contributed by atoms with Crippen molar-refractivity contribution in [3.05, 3.63) is 29.8 Å². The molecule has 6 heteroatoms. The number of nitrogens with zero attached hydrogens (tertiary/aromatic N) is 4. The SMILES string of the molecule is CCCCC(C)c1cccc(-n2nnnc2SCCO)c1. The fraction of sp³-hybridized carbons (Fsp3) is 0.533. The van der Waals surface area contributed by atoms with E-state index in [9.17, 15) is 0 Å². The van der Waals surface area contributed by atoms with Gasteiger partial charge in [-0.15, -0.1) is 5.10 Å². The second kappa shape index (κ2) is 8.14. The fourth-order valence-corrected chi connectivity index (χ4v) is 2.84. The number of aliphatic hydroxyl groups is 1. The molecule has 1 heterocycles. The van der Waals surface area contributed by atoms with Gasteiger partial charge in [0.1, 0.15) is 0 Å². The van der Waals surface area contributed by atoms with E-state index in [0.29, 0.717) is 16.8 Å². The number of rotatable bonds is 8. The molecule has 1 aromatic carbocycles. The Kier molecular flexibility index (Phi) is 6.20. The lowest BCUT2D eigenvalue weighted by molar-refractivity contribution is 0.322. The van der Waals surface area contributed by atoms with Gasteiger partial charge in [0.25, 0.3) is 0 Å². The van der Waals surface area contributed by atoms with Gasteiger partial charge in [-0.3, -0.25) is 0 Å². The minimum Gasteiger partial charge on any atom is -0.396 e. The van der Waals surface area contributed by atoms with Crippen LogP contribution in [0.4, 0.5) is 0 Å². The normalized spacial score (nSPS) is 12.5. The van der Waals surface area contributed by atoms with Gasteiger partial charge >= 0.3 is 0 Å². The van der Waals surface area contributed by atoms with Crippen LogP contribution in [0.2, 0.25) is 0 Å². The lowest BCUT2D eigenvalue weighted by Gasteiger charge is -2.13. The summed E-state index contributed by atoms with van der Waals surface area (Å²) in [4.78, 5) is 0. The maximum Gasteiger partial charge on any atom is 0.214 e. The molecule has 0 aliphatic carbocycles. The Labute approximate surface area is 129 Å². The molecule has 0 spiro atoms. The van der Waals surface area contributed by atoms with E-state index in [-0.39, 0.29) is 6.61 Å². The molecule has 114 valence electrons. The summed E-state index contributed by atoms with van der Waals surface area (Å²) >= 11 is 1.45. The second-order valence-electron chi connectivity index (χ2n) is 5.08. The highest BCUT2D eigenvalue weighted by Gasteiger charge is 2.11. The third-order valence-electron chi connectivity index (χ3n) is 3.44. The zero-order chi connectivity index (χ0) is 15.1. The number of tetrazole rings is 1. The maximum atomic E-state index is 8.93. The zero-order valence-electron chi connectivity index (χ0n) is 12.6. The molecule has 0 radical (unpaired) electrons. The molecule has 2 rings (SSSR count). The van der Waals surface area contributed by atoms with Crippen molar-refractivity contribution in [2.75, 3.05) is 12.4 Å². The molecule has 1 atom stereocenters. The Bertz CT molecular complexity index is 558. The summed E-state index contributed by atoms with van der Waals surface area (Å²) in [5, 5.41) is 21.4. The van der Waals surface area contributed by atoms with Crippen LogP contribution in [0.25, 0.3) is 5.69 Å². The lowest BCUT2D eigenvalue weighted by Crippen LogP contribution is -2.02. The van der Waals surface area contributed by atoms with E-state index in [1.54, 1.807) is 4.68 Å². The Balaban J connectivity index is 2.19. The molecule has 5 nitrogen and oxygen atoms in total. The van der Waals surface area contributed by atoms with E-state index in [1.807, 2.05) is 6.07 Å². The molecule has 1 aromatic heterocycles. The molecular formula is C15H22N4OS. The second-order valence-corrected chi connectivity index (χ2v) is 6.15. The number of hydrogen-bond acceptors (Lipinski definition) is 5. The van der Waals surface area contributed by atoms with Gasteiger partial charge in [-0.25, -0.2) is 0 Å². The first-order chi connectivity index (χ1) is 10.3. The molecular weight excluding hydrogens is 284 g/mol. The highest BCUT2D eigenvalue weighted by molar-refractivity contribution is 7.99. The van der Waals surface area contributed by atoms with Crippen molar-refractivity contribution >= 4 is 11.8 Å². The summed E-state index contributed by atoms with van der Waals surface area (Å²) in [7, 11) is 0. The van der Waals surface area contributed by atoms with Crippen LogP contribution in [0.15, 0.2) is 29.4 Å². The Morgan fingerprint density at radius 1 is 1.38 bits per heavy atom. The summed E-state index contributed by atoms with van der Waals surface area (Å²) in [6.45, 7) is 4.59. The quantitative estimate of drug-likeness (QED) is 0.759. The molecule has 1 unspecified atom stereocenters. The van der Waals surface area contributed by atoms with E-state index >= 15 is 0 Å². The van der Waals surface area contributed by atoms with Crippen molar-refractivity contribution in [3.63, 3.8) is 0 Å². The van der Waals surface area contributed by atoms with Crippen LogP contribution in [0, 0.1) is 0 Å². The third kappa shape index (κ3) is 4.28. The van der Waals surface area contributed by atoms with Crippen LogP contribution >= 0.6 is 11.8 Å². The predicted molar refractivity (Wildman–Crippen MR) is 84.9 cm³/mol. The molecule has 2 aromatic rings. The maximum absolute atomic E-state index is 8.93. The van der Waals surface area contributed by atoms with Gasteiger partial charge in [0.15, 0.2) is 0 Å². The van der Waals surface area contributed by atoms with Gasteiger partial charge in [-0.1, -0.05) is 50.6 Å². The van der Waals surface area contributed by atoms with Crippen molar-refractivity contribution in [1.82, 2.24) is 20.2 Å². The van der Waals surface area contributed by atoms with E-state index in [4.69, 9.17) is 5.11 Å². The van der Waals surface area contributed by atoms with Gasteiger partial charge in [-0.2, -0.15) is 4.68 Å². The largest absolute Gasteiger partial charge is 0.396 e. The Morgan fingerprint density at radius 2 is 2.24 bits per heavy atom. The van der Waals surface area contributed by atoms with Gasteiger partial charge in [0, 0.05) is 5.75 Å². The van der Waals surface area contributed by atoms with Crippen molar-refractivity contribution in [2.45, 2.75) is 44.2 Å². The molecule has 0 saturated carbocycles. The van der Waals surface area contributed by atoms with E-state index in [1.165, 1.54) is 36.6 Å². The summed E-state index contributed by atoms with van der Waals surface area (Å²) in [6, 6.07) is 8.37. The molecule has 0 fully saturated rings. The highest BCUT2D eigenvalue weighted by atomic mass is 32.2. The number of aliphatic hydroxyl groups excluding tert-OH is 1. The fourth-order valence-electron chi connectivity index (χ4n) is 2.21. The van der Waals surface area contributed by atoms with Crippen molar-refractivity contribution in [3.8, 4) is 5.69 Å². The first kappa shape index (κ1) is 16.0. The van der Waals surface area contributed by atoms with Crippen LogP contribution in [0.3, 0.4) is 0 Å². The summed E-state index contributed by atoms with van der Waals surface area (Å²) in [5.41, 5.74) is 2.29. The number of benzene rings is 1. The predicted octanol–water partition coefficient (Wildman–Crippen LogP) is 3.04. The van der Waals surface area contributed by atoms with Gasteiger partial charge in [0.2, 0.25) is 5.16 Å². The van der Waals surface area contributed by atoms with Crippen LogP contribution in [0.1, 0.15) is 44.6 Å². The average molecular weight is 306 g/mol. The Hall–Kier alpha value is -1.40. The number of thioether (sulfide) groups is 1. The topological polar surface area (TPSA) is 63.8 Å². The van der Waals surface area contributed by atoms with Crippen LogP contribution < -0.4 is 0 Å². The molecule has 21 heavy (non-hydrogen) atoms. The monoisotopic (exact) mass is 306 g/mol. The highest BCUT2D eigenvalue weighted by Crippen LogP contribution is 2.25. The zero-order valence-corrected chi connectivity index (χ0v) is 13.4. The minimum absolute atomic E-state index is 0.117. The van der Waals surface area contributed by atoms with Gasteiger partial charge < -0.3 is 5.11 Å². The first-order valence-electron chi connectivity index (χ1n) is 7.38. The van der Waals surface area contributed by atoms with Crippen molar-refractivity contribution < 1.29 is 5.11 Å². The molecule has 0 amide bonds. The standard InChI is InChI=1S/C15H22N4OS/c1-3-4-6-12(2)13-7-5-8-14(11-13)19-15(16-17-18-19)21-10-9-20/h5,7-8,11-12,20H,3-4,6,9-10H2,1-2H3. The molecule has 0 bridgehead atoms. The van der Waals surface area contributed by atoms with E-state index in [0.717, 1.165) is 5.69 Å². The minimum atomic E-state index is 0.117. The van der Waals surface area contributed by atoms with E-state index < -0.39 is 0 Å². The number of aromatic nitrogens is 4. The molecule has 1 N–H and O–H groups in total. The lowest BCUT2D eigenvalue weighted by atomic mass is 9.95. The average Bonchev–Trinajstić information content (AvgIpc) is 2.99. The first-order valence-corrected chi connectivity index (χ1v) is 8.37. The van der Waals surface area contributed by atoms with Gasteiger partial charge in [-0.05, 0) is 40.5 Å². The third-order valence-corrected chi connectivity index (χ3v) is 4.34. The summed E-state index contributed by atoms with van der Waals surface area (Å²) < 4.78 is 1.73. The summed E-state index contributed by atoms with van der Waals surface area (Å²) in [6.07, 6.45) is 3.66. The Morgan fingerprint density at radius 3 is 3.00 bits per heavy atom. The molecule has 0 aliphatic heterocycles. The number of unbranched alkanes of at least 4 members (excludes halogenated alkanes) is 1. The van der Waals surface area contributed by atoms with Crippen LogP contribution in [-0.4, -0.2) is 37.7 Å². The smallest absolute Gasteiger partial charge is 0.214 e. The van der Waals surface area contributed by atoms with Crippen LogP contribution in [0.5, 0.6) is 0 Å². The molecule has 0 saturated heterocycles. The van der Waals surface area contributed by atoms with Gasteiger partial charge in [0.05, 0.1) is 12.3 Å². The van der Waals surface area contributed by atoms with E-state index in [2.05, 4.69) is 47.6 Å². The molecule has 0 aliphatic rings. The van der Waals surface area contributed by atoms with Crippen molar-refractivity contribution in [2.24, 2.45) is 0 Å².